The van der Waals surface area contributed by atoms with Gasteiger partial charge in [-0.05, 0) is 24.7 Å². The first-order valence-electron chi connectivity index (χ1n) is 6.01. The Bertz CT molecular complexity index is 212. The van der Waals surface area contributed by atoms with E-state index in [4.69, 9.17) is 5.73 Å². The summed E-state index contributed by atoms with van der Waals surface area (Å²) >= 11 is 0. The molecule has 0 aliphatic heterocycles. The van der Waals surface area contributed by atoms with Crippen molar-refractivity contribution >= 4 is 5.91 Å². The first-order chi connectivity index (χ1) is 7.06. The Hall–Kier alpha value is -0.570. The number of nitrogens with two attached hydrogens (primary N) is 1. The van der Waals surface area contributed by atoms with Crippen LogP contribution < -0.4 is 5.73 Å². The highest BCUT2D eigenvalue weighted by Crippen LogP contribution is 2.27. The zero-order valence-electron chi connectivity index (χ0n) is 10.2. The highest BCUT2D eigenvalue weighted by molar-refractivity contribution is 5.79. The highest BCUT2D eigenvalue weighted by Gasteiger charge is 2.27. The lowest BCUT2D eigenvalue weighted by Crippen LogP contribution is -2.42. The lowest BCUT2D eigenvalue weighted by Gasteiger charge is -2.32. The minimum atomic E-state index is -0.00456. The van der Waals surface area contributed by atoms with Crippen molar-refractivity contribution in [3.63, 3.8) is 0 Å². The van der Waals surface area contributed by atoms with Crippen LogP contribution in [0.25, 0.3) is 0 Å². The summed E-state index contributed by atoms with van der Waals surface area (Å²) in [5.74, 6) is 1.30. The monoisotopic (exact) mass is 212 g/mol. The summed E-state index contributed by atoms with van der Waals surface area (Å²) in [5, 5.41) is 0. The van der Waals surface area contributed by atoms with Gasteiger partial charge >= 0.3 is 0 Å². The molecule has 0 heterocycles. The minimum Gasteiger partial charge on any atom is -0.345 e. The van der Waals surface area contributed by atoms with Gasteiger partial charge in [-0.25, -0.2) is 0 Å². The van der Waals surface area contributed by atoms with E-state index >= 15 is 0 Å². The van der Waals surface area contributed by atoms with Crippen molar-refractivity contribution < 1.29 is 4.79 Å². The van der Waals surface area contributed by atoms with Crippen LogP contribution in [-0.4, -0.2) is 30.9 Å². The molecule has 1 fully saturated rings. The smallest absolute Gasteiger partial charge is 0.226 e. The molecule has 0 radical (unpaired) electrons. The maximum atomic E-state index is 12.0. The molecule has 0 aromatic heterocycles. The van der Waals surface area contributed by atoms with Crippen LogP contribution in [0.3, 0.4) is 0 Å². The molecule has 1 amide bonds. The summed E-state index contributed by atoms with van der Waals surface area (Å²) < 4.78 is 0. The summed E-state index contributed by atoms with van der Waals surface area (Å²) in [5.41, 5.74) is 5.64. The van der Waals surface area contributed by atoms with E-state index in [0.29, 0.717) is 12.5 Å². The average Bonchev–Trinajstić information content (AvgIpc) is 2.11. The van der Waals surface area contributed by atoms with Gasteiger partial charge in [0.15, 0.2) is 0 Å². The van der Waals surface area contributed by atoms with Gasteiger partial charge in [0, 0.05) is 20.1 Å². The van der Waals surface area contributed by atoms with Crippen LogP contribution in [0, 0.1) is 17.8 Å². The number of hydrogen-bond acceptors (Lipinski definition) is 2. The van der Waals surface area contributed by atoms with Gasteiger partial charge in [-0.3, -0.25) is 4.79 Å². The van der Waals surface area contributed by atoms with E-state index < -0.39 is 0 Å². The molecular weight excluding hydrogens is 188 g/mol. The number of rotatable bonds is 5. The molecule has 88 valence electrons. The lowest BCUT2D eigenvalue weighted by atomic mass is 9.84. The summed E-state index contributed by atoms with van der Waals surface area (Å²) in [6.07, 6.45) is 3.90. The summed E-state index contributed by atoms with van der Waals surface area (Å²) in [6, 6.07) is 0. The fourth-order valence-electron chi connectivity index (χ4n) is 2.09. The van der Waals surface area contributed by atoms with Crippen LogP contribution in [0.15, 0.2) is 0 Å². The first-order valence-corrected chi connectivity index (χ1v) is 6.01. The van der Waals surface area contributed by atoms with Crippen LogP contribution in [0.4, 0.5) is 0 Å². The summed E-state index contributed by atoms with van der Waals surface area (Å²) in [6.45, 7) is 5.51. The van der Waals surface area contributed by atoms with Crippen LogP contribution in [0.1, 0.15) is 33.1 Å². The number of amides is 1. The summed E-state index contributed by atoms with van der Waals surface area (Å²) in [4.78, 5) is 13.9. The lowest BCUT2D eigenvalue weighted by molar-refractivity contribution is -0.136. The van der Waals surface area contributed by atoms with E-state index in [-0.39, 0.29) is 11.8 Å². The Morgan fingerprint density at radius 3 is 2.40 bits per heavy atom. The van der Waals surface area contributed by atoms with Crippen molar-refractivity contribution in [1.82, 2.24) is 4.90 Å². The topological polar surface area (TPSA) is 46.3 Å². The quantitative estimate of drug-likeness (QED) is 0.750. The number of carbonyl (C=O) groups is 1. The molecule has 1 rings (SSSR count). The molecule has 1 aliphatic carbocycles. The second-order valence-electron chi connectivity index (χ2n) is 5.10. The number of carbonyl (C=O) groups excluding carboxylic acids is 1. The Kier molecular flexibility index (Phi) is 4.58. The van der Waals surface area contributed by atoms with Crippen LogP contribution in [0.2, 0.25) is 0 Å². The first kappa shape index (κ1) is 12.5. The third-order valence-electron chi connectivity index (χ3n) is 3.51. The van der Waals surface area contributed by atoms with Gasteiger partial charge < -0.3 is 10.6 Å². The van der Waals surface area contributed by atoms with E-state index in [1.165, 1.54) is 19.3 Å². The molecule has 1 unspecified atom stereocenters. The third kappa shape index (κ3) is 3.20. The fraction of sp³-hybridized carbons (Fsp3) is 0.917. The van der Waals surface area contributed by atoms with Gasteiger partial charge in [-0.15, -0.1) is 0 Å². The second-order valence-corrected chi connectivity index (χ2v) is 5.10. The van der Waals surface area contributed by atoms with Crippen molar-refractivity contribution in [3.05, 3.63) is 0 Å². The Labute approximate surface area is 93.0 Å². The third-order valence-corrected chi connectivity index (χ3v) is 3.51. The van der Waals surface area contributed by atoms with E-state index in [2.05, 4.69) is 13.8 Å². The molecule has 2 N–H and O–H groups in total. The zero-order valence-corrected chi connectivity index (χ0v) is 10.2. The molecule has 3 nitrogen and oxygen atoms in total. The van der Waals surface area contributed by atoms with Crippen LogP contribution in [-0.2, 0) is 4.79 Å². The Morgan fingerprint density at radius 1 is 1.47 bits per heavy atom. The fourth-order valence-corrected chi connectivity index (χ4v) is 2.09. The average molecular weight is 212 g/mol. The highest BCUT2D eigenvalue weighted by atomic mass is 16.2. The molecule has 0 aromatic carbocycles. The number of hydrogen-bond donors (Lipinski definition) is 1. The minimum absolute atomic E-state index is 0.00456. The van der Waals surface area contributed by atoms with E-state index in [0.717, 1.165) is 12.5 Å². The largest absolute Gasteiger partial charge is 0.345 e. The van der Waals surface area contributed by atoms with Crippen molar-refractivity contribution in [2.75, 3.05) is 20.1 Å². The van der Waals surface area contributed by atoms with Crippen molar-refractivity contribution in [3.8, 4) is 0 Å². The van der Waals surface area contributed by atoms with Crippen molar-refractivity contribution in [1.29, 1.82) is 0 Å². The van der Waals surface area contributed by atoms with Gasteiger partial charge in [-0.1, -0.05) is 20.3 Å². The van der Waals surface area contributed by atoms with Crippen molar-refractivity contribution in [2.45, 2.75) is 33.1 Å². The molecule has 1 atom stereocenters. The van der Waals surface area contributed by atoms with E-state index in [1.807, 2.05) is 11.9 Å². The van der Waals surface area contributed by atoms with Crippen molar-refractivity contribution in [2.24, 2.45) is 23.5 Å². The molecule has 0 saturated heterocycles. The van der Waals surface area contributed by atoms with Gasteiger partial charge in [0.1, 0.15) is 0 Å². The van der Waals surface area contributed by atoms with Crippen LogP contribution in [0.5, 0.6) is 0 Å². The van der Waals surface area contributed by atoms with Gasteiger partial charge in [0.2, 0.25) is 5.91 Å². The van der Waals surface area contributed by atoms with E-state index in [9.17, 15) is 4.79 Å². The molecule has 0 bridgehead atoms. The molecule has 3 heteroatoms. The number of nitrogens with zero attached hydrogens (tertiary/aromatic N) is 1. The molecule has 1 saturated carbocycles. The predicted octanol–water partition coefficient (Wildman–Crippen LogP) is 1.48. The van der Waals surface area contributed by atoms with Gasteiger partial charge in [0.25, 0.3) is 0 Å². The maximum absolute atomic E-state index is 12.0. The molecule has 1 aliphatic rings. The normalized spacial score (nSPS) is 18.7. The molecule has 15 heavy (non-hydrogen) atoms. The SMILES string of the molecule is CC(C)C(CN)C(=O)N(C)CC1CCC1. The predicted molar refractivity (Wildman–Crippen MR) is 62.4 cm³/mol. The Morgan fingerprint density at radius 2 is 2.07 bits per heavy atom. The molecule has 0 spiro atoms. The van der Waals surface area contributed by atoms with Gasteiger partial charge in [0.05, 0.1) is 5.92 Å². The molecule has 0 aromatic rings. The molecular formula is C12H24N2O. The maximum Gasteiger partial charge on any atom is 0.226 e. The van der Waals surface area contributed by atoms with E-state index in [1.54, 1.807) is 0 Å². The second kappa shape index (κ2) is 5.50. The Balaban J connectivity index is 2.41. The summed E-state index contributed by atoms with van der Waals surface area (Å²) in [7, 11) is 1.91. The zero-order chi connectivity index (χ0) is 11.4. The van der Waals surface area contributed by atoms with Crippen LogP contribution >= 0.6 is 0 Å². The van der Waals surface area contributed by atoms with Gasteiger partial charge in [-0.2, -0.15) is 0 Å². The standard InChI is InChI=1S/C12H24N2O/c1-9(2)11(7-13)12(15)14(3)8-10-5-4-6-10/h9-11H,4-8,13H2,1-3H3.